The lowest BCUT2D eigenvalue weighted by Gasteiger charge is -2.54. The van der Waals surface area contributed by atoms with Gasteiger partial charge >= 0.3 is 0 Å². The highest BCUT2D eigenvalue weighted by Gasteiger charge is 2.46. The van der Waals surface area contributed by atoms with Crippen molar-refractivity contribution in [2.45, 2.75) is 43.9 Å². The zero-order chi connectivity index (χ0) is 7.78. The Balaban J connectivity index is 2.61. The van der Waals surface area contributed by atoms with Gasteiger partial charge in [-0.3, -0.25) is 0 Å². The average Bonchev–Trinajstić information content (AvgIpc) is 1.91. The molecule has 0 amide bonds. The fourth-order valence-corrected chi connectivity index (χ4v) is 9.00. The number of hydrogen-bond donors (Lipinski definition) is 0. The van der Waals surface area contributed by atoms with E-state index in [2.05, 4.69) is 27.0 Å². The fourth-order valence-electron chi connectivity index (χ4n) is 1.99. The molecule has 0 N–H and O–H groups in total. The summed E-state index contributed by atoms with van der Waals surface area (Å²) in [6.07, 6.45) is 5.25. The first-order chi connectivity index (χ1) is 4.67. The summed E-state index contributed by atoms with van der Waals surface area (Å²) in [6, 6.07) is 0. The van der Waals surface area contributed by atoms with Crippen LogP contribution in [0.1, 0.15) is 33.6 Å². The van der Waals surface area contributed by atoms with Crippen molar-refractivity contribution in [3.63, 3.8) is 0 Å². The molecule has 0 aliphatic carbocycles. The van der Waals surface area contributed by atoms with Crippen LogP contribution in [0.2, 0.25) is 5.54 Å². The second-order valence-corrected chi connectivity index (χ2v) is 8.60. The third-order valence-corrected chi connectivity index (χ3v) is 9.91. The zero-order valence-electron chi connectivity index (χ0n) is 7.40. The molecule has 0 aromatic rings. The van der Waals surface area contributed by atoms with Crippen LogP contribution in [0.3, 0.4) is 0 Å². The molecule has 1 aliphatic heterocycles. The molecule has 1 aliphatic rings. The van der Waals surface area contributed by atoms with Gasteiger partial charge in [0.25, 0.3) is 0 Å². The number of hydrogen-bond acceptors (Lipinski definition) is 0. The third-order valence-electron chi connectivity index (χ3n) is 2.95. The zero-order valence-corrected chi connectivity index (χ0v) is 9.22. The molecule has 0 spiro atoms. The lowest BCUT2D eigenvalue weighted by atomic mass is 9.98. The molecule has 0 bridgehead atoms. The first kappa shape index (κ1) is 8.66. The van der Waals surface area contributed by atoms with Gasteiger partial charge in [0.15, 0.2) is 0 Å². The van der Waals surface area contributed by atoms with Crippen LogP contribution in [0.4, 0.5) is 0 Å². The molecule has 1 saturated heterocycles. The molecule has 1 rings (SSSR count). The molecule has 0 aromatic heterocycles. The summed E-state index contributed by atoms with van der Waals surface area (Å²) in [4.78, 5) is 0. The Kier molecular flexibility index (Phi) is 2.51. The molecule has 0 saturated carbocycles. The van der Waals surface area contributed by atoms with Crippen LogP contribution in [0.5, 0.6) is 0 Å². The van der Waals surface area contributed by atoms with Gasteiger partial charge in [0.2, 0.25) is 0 Å². The van der Waals surface area contributed by atoms with E-state index >= 15 is 0 Å². The monoisotopic (exact) mass is 173 g/mol. The summed E-state index contributed by atoms with van der Waals surface area (Å²) >= 11 is 0. The van der Waals surface area contributed by atoms with Crippen molar-refractivity contribution < 1.29 is 0 Å². The number of rotatable bonds is 2. The van der Waals surface area contributed by atoms with Crippen LogP contribution in [-0.4, -0.2) is 19.7 Å². The molecular formula is C8H17SSi. The highest BCUT2D eigenvalue weighted by Crippen LogP contribution is 2.60. The van der Waals surface area contributed by atoms with Crippen molar-refractivity contribution in [1.82, 2.24) is 0 Å². The second kappa shape index (κ2) is 2.90. The summed E-state index contributed by atoms with van der Waals surface area (Å²) in [6.45, 7) is 7.14. The summed E-state index contributed by atoms with van der Waals surface area (Å²) in [5.41, 5.74) is 1.02. The molecule has 3 radical (unpaired) electrons. The van der Waals surface area contributed by atoms with Gasteiger partial charge < -0.3 is 0 Å². The molecular weight excluding hydrogens is 156 g/mol. The van der Waals surface area contributed by atoms with Crippen LogP contribution in [0.25, 0.3) is 0 Å². The van der Waals surface area contributed by atoms with Crippen molar-refractivity contribution in [1.29, 1.82) is 0 Å². The van der Waals surface area contributed by atoms with E-state index in [1.165, 1.54) is 21.5 Å². The van der Waals surface area contributed by atoms with Gasteiger partial charge in [-0.1, -0.05) is 20.8 Å². The molecule has 2 heteroatoms. The minimum atomic E-state index is 0.759. The van der Waals surface area contributed by atoms with Crippen LogP contribution in [0, 0.1) is 0 Å². The Bertz CT molecular complexity index is 110. The Labute approximate surface area is 69.6 Å². The summed E-state index contributed by atoms with van der Waals surface area (Å²) in [5, 5.41) is 0. The Morgan fingerprint density at radius 3 is 2.00 bits per heavy atom. The molecule has 10 heavy (non-hydrogen) atoms. The van der Waals surface area contributed by atoms with Gasteiger partial charge in [-0.25, -0.2) is 10.3 Å². The summed E-state index contributed by atoms with van der Waals surface area (Å²) < 4.78 is 0.762. The predicted octanol–water partition coefficient (Wildman–Crippen LogP) is 2.89. The van der Waals surface area contributed by atoms with Gasteiger partial charge in [0.05, 0.1) is 0 Å². The third kappa shape index (κ3) is 0.963. The van der Waals surface area contributed by atoms with Crippen molar-refractivity contribution in [3.8, 4) is 0 Å². The van der Waals surface area contributed by atoms with Gasteiger partial charge in [-0.2, -0.15) is 0 Å². The molecule has 1 atom stereocenters. The van der Waals surface area contributed by atoms with Crippen LogP contribution < -0.4 is 0 Å². The van der Waals surface area contributed by atoms with E-state index in [1.807, 2.05) is 0 Å². The molecule has 1 unspecified atom stereocenters. The maximum absolute atomic E-state index is 2.45. The highest BCUT2D eigenvalue weighted by atomic mass is 32.4. The first-order valence-electron chi connectivity index (χ1n) is 4.09. The van der Waals surface area contributed by atoms with Gasteiger partial charge in [0.1, 0.15) is 8.67 Å². The molecule has 1 fully saturated rings. The maximum Gasteiger partial charge on any atom is 0.115 e. The van der Waals surface area contributed by atoms with Crippen LogP contribution >= 0.6 is 10.3 Å². The normalized spacial score (nSPS) is 31.8. The largest absolute Gasteiger partial charge is 0.226 e. The van der Waals surface area contributed by atoms with E-state index in [-0.39, 0.29) is 0 Å². The van der Waals surface area contributed by atoms with E-state index in [0.29, 0.717) is 0 Å². The quantitative estimate of drug-likeness (QED) is 0.563. The molecule has 0 nitrogen and oxygen atoms in total. The average molecular weight is 173 g/mol. The molecule has 59 valence electrons. The van der Waals surface area contributed by atoms with Gasteiger partial charge in [0, 0.05) is 4.75 Å². The lowest BCUT2D eigenvalue weighted by Crippen LogP contribution is -2.45. The predicted molar refractivity (Wildman–Crippen MR) is 52.0 cm³/mol. The van der Waals surface area contributed by atoms with E-state index in [9.17, 15) is 0 Å². The Morgan fingerprint density at radius 2 is 1.90 bits per heavy atom. The van der Waals surface area contributed by atoms with Crippen LogP contribution in [0.15, 0.2) is 0 Å². The minimum absolute atomic E-state index is 0.759. The highest BCUT2D eigenvalue weighted by molar-refractivity contribution is 8.40. The van der Waals surface area contributed by atoms with Gasteiger partial charge in [-0.15, -0.1) is 0 Å². The van der Waals surface area contributed by atoms with E-state index in [4.69, 9.17) is 0 Å². The molecule has 0 aromatic carbocycles. The van der Waals surface area contributed by atoms with Crippen molar-refractivity contribution >= 4 is 19.0 Å². The van der Waals surface area contributed by atoms with E-state index < -0.39 is 0 Å². The lowest BCUT2D eigenvalue weighted by molar-refractivity contribution is 0.515. The van der Waals surface area contributed by atoms with Crippen molar-refractivity contribution in [3.05, 3.63) is 0 Å². The topological polar surface area (TPSA) is 0 Å². The van der Waals surface area contributed by atoms with Crippen molar-refractivity contribution in [2.75, 3.05) is 6.26 Å². The Morgan fingerprint density at radius 1 is 1.40 bits per heavy atom. The molecule has 1 heterocycles. The van der Waals surface area contributed by atoms with Crippen molar-refractivity contribution in [2.24, 2.45) is 0 Å². The van der Waals surface area contributed by atoms with Gasteiger partial charge in [-0.05, 0) is 24.6 Å². The summed E-state index contributed by atoms with van der Waals surface area (Å²) in [7, 11) is 2.02. The minimum Gasteiger partial charge on any atom is -0.226 e. The first-order valence-corrected chi connectivity index (χ1v) is 7.53. The second-order valence-electron chi connectivity index (χ2n) is 3.12. The smallest absolute Gasteiger partial charge is 0.115 e. The van der Waals surface area contributed by atoms with E-state index in [0.717, 1.165) is 20.6 Å². The standard InChI is InChI=1S/C8H17SSi/c1-5-8(6-2)7(3)10-9(8)4/h7H,5-6H2,1-4H3. The van der Waals surface area contributed by atoms with E-state index in [1.54, 1.807) is 0 Å². The Hall–Kier alpha value is 0.567. The maximum atomic E-state index is 2.45. The summed E-state index contributed by atoms with van der Waals surface area (Å²) in [5.74, 6) is 0. The fraction of sp³-hybridized carbons (Fsp3) is 1.00. The van der Waals surface area contributed by atoms with Crippen LogP contribution in [-0.2, 0) is 0 Å². The SMILES string of the molecule is CCC1(CC)C(C)[Si][S]1C.